The molecule has 2 nitrogen and oxygen atoms in total. The molecule has 0 saturated heterocycles. The summed E-state index contributed by atoms with van der Waals surface area (Å²) in [7, 11) is 0. The number of hydrogen-bond donors (Lipinski definition) is 1. The molecule has 0 aliphatic rings. The molecule has 0 spiro atoms. The molecular weight excluding hydrogens is 216 g/mol. The Labute approximate surface area is 103 Å². The Morgan fingerprint density at radius 1 is 1.50 bits per heavy atom. The van der Waals surface area contributed by atoms with Crippen molar-refractivity contribution in [2.24, 2.45) is 5.92 Å². The minimum atomic E-state index is 0.334. The molecule has 1 heterocycles. The molecule has 90 valence electrons. The van der Waals surface area contributed by atoms with E-state index in [4.69, 9.17) is 0 Å². The van der Waals surface area contributed by atoms with Crippen LogP contribution in [0.5, 0.6) is 0 Å². The Bertz CT molecular complexity index is 332. The molecule has 1 aromatic heterocycles. The minimum absolute atomic E-state index is 0.334. The average molecular weight is 238 g/mol. The highest BCUT2D eigenvalue weighted by atomic mass is 32.1. The van der Waals surface area contributed by atoms with E-state index >= 15 is 0 Å². The third-order valence-corrected chi connectivity index (χ3v) is 4.01. The number of nitrogens with zero attached hydrogens (tertiary/aromatic N) is 1. The number of rotatable bonds is 6. The van der Waals surface area contributed by atoms with Gasteiger partial charge in [0, 0.05) is 17.1 Å². The zero-order valence-electron chi connectivity index (χ0n) is 10.7. The van der Waals surface area contributed by atoms with Crippen LogP contribution in [0.2, 0.25) is 0 Å². The van der Waals surface area contributed by atoms with Crippen molar-refractivity contribution in [3.63, 3.8) is 0 Å². The van der Waals surface area contributed by atoms with Crippen molar-refractivity contribution in [1.29, 1.82) is 0 Å². The summed E-state index contributed by atoms with van der Waals surface area (Å²) in [5, 5.41) is 4.77. The van der Waals surface area contributed by atoms with Gasteiger partial charge in [0.1, 0.15) is 5.01 Å². The summed E-state index contributed by atoms with van der Waals surface area (Å²) in [5.74, 6) is 0.612. The lowest BCUT2D eigenvalue weighted by atomic mass is 9.99. The van der Waals surface area contributed by atoms with Gasteiger partial charge < -0.3 is 5.32 Å². The second-order valence-electron chi connectivity index (χ2n) is 4.49. The summed E-state index contributed by atoms with van der Waals surface area (Å²) in [6, 6.07) is 0.818. The second kappa shape index (κ2) is 6.16. The number of aryl methyl sites for hydroxylation is 1. The molecule has 3 atom stereocenters. The van der Waals surface area contributed by atoms with Crippen molar-refractivity contribution in [3.05, 3.63) is 28.7 Å². The summed E-state index contributed by atoms with van der Waals surface area (Å²) < 4.78 is 0. The van der Waals surface area contributed by atoms with Crippen molar-refractivity contribution in [2.45, 2.75) is 46.2 Å². The largest absolute Gasteiger partial charge is 0.305 e. The summed E-state index contributed by atoms with van der Waals surface area (Å²) >= 11 is 1.77. The third-order valence-electron chi connectivity index (χ3n) is 2.91. The van der Waals surface area contributed by atoms with Crippen molar-refractivity contribution >= 4 is 11.3 Å². The van der Waals surface area contributed by atoms with Gasteiger partial charge in [-0.3, -0.25) is 0 Å². The fourth-order valence-electron chi connectivity index (χ4n) is 1.67. The number of hydrogen-bond acceptors (Lipinski definition) is 3. The molecule has 1 rings (SSSR count). The maximum Gasteiger partial charge on any atom is 0.109 e. The maximum absolute atomic E-state index is 4.41. The molecule has 0 radical (unpaired) electrons. The normalized spacial score (nSPS) is 16.8. The monoisotopic (exact) mass is 238 g/mol. The lowest BCUT2D eigenvalue weighted by molar-refractivity contribution is 0.369. The summed E-state index contributed by atoms with van der Waals surface area (Å²) in [6.07, 6.45) is 4.98. The van der Waals surface area contributed by atoms with Crippen LogP contribution in [0.25, 0.3) is 0 Å². The highest BCUT2D eigenvalue weighted by Gasteiger charge is 2.16. The van der Waals surface area contributed by atoms with Gasteiger partial charge in [-0.1, -0.05) is 13.0 Å². The lowest BCUT2D eigenvalue weighted by Gasteiger charge is -2.23. The van der Waals surface area contributed by atoms with Crippen LogP contribution in [-0.4, -0.2) is 11.0 Å². The molecule has 1 N–H and O–H groups in total. The van der Waals surface area contributed by atoms with E-state index in [0.717, 1.165) is 6.42 Å². The molecule has 0 saturated carbocycles. The molecule has 3 heteroatoms. The smallest absolute Gasteiger partial charge is 0.109 e. The minimum Gasteiger partial charge on any atom is -0.305 e. The van der Waals surface area contributed by atoms with Gasteiger partial charge in [-0.15, -0.1) is 17.9 Å². The molecule has 0 aliphatic carbocycles. The van der Waals surface area contributed by atoms with Gasteiger partial charge >= 0.3 is 0 Å². The van der Waals surface area contributed by atoms with Crippen LogP contribution in [-0.2, 0) is 0 Å². The van der Waals surface area contributed by atoms with Crippen molar-refractivity contribution in [3.8, 4) is 0 Å². The highest BCUT2D eigenvalue weighted by molar-refractivity contribution is 7.11. The zero-order valence-corrected chi connectivity index (χ0v) is 11.5. The topological polar surface area (TPSA) is 24.9 Å². The van der Waals surface area contributed by atoms with Gasteiger partial charge in [-0.2, -0.15) is 0 Å². The van der Waals surface area contributed by atoms with Crippen molar-refractivity contribution in [1.82, 2.24) is 10.3 Å². The molecule has 3 unspecified atom stereocenters. The van der Waals surface area contributed by atoms with E-state index in [1.165, 1.54) is 9.88 Å². The first-order chi connectivity index (χ1) is 7.54. The first-order valence-corrected chi connectivity index (χ1v) is 6.65. The zero-order chi connectivity index (χ0) is 12.1. The van der Waals surface area contributed by atoms with Crippen LogP contribution >= 0.6 is 11.3 Å². The summed E-state index contributed by atoms with van der Waals surface area (Å²) in [6.45, 7) is 12.5. The molecule has 0 aromatic carbocycles. The fraction of sp³-hybridized carbons (Fsp3) is 0.615. The molecule has 0 amide bonds. The predicted octanol–water partition coefficient (Wildman–Crippen LogP) is 3.70. The Morgan fingerprint density at radius 3 is 2.69 bits per heavy atom. The molecule has 0 aliphatic heterocycles. The van der Waals surface area contributed by atoms with Gasteiger partial charge in [0.2, 0.25) is 0 Å². The second-order valence-corrected chi connectivity index (χ2v) is 5.75. The lowest BCUT2D eigenvalue weighted by Crippen LogP contribution is -2.33. The first kappa shape index (κ1) is 13.4. The highest BCUT2D eigenvalue weighted by Crippen LogP contribution is 2.21. The quantitative estimate of drug-likeness (QED) is 0.764. The maximum atomic E-state index is 4.41. The summed E-state index contributed by atoms with van der Waals surface area (Å²) in [5.41, 5.74) is 0. The third kappa shape index (κ3) is 3.72. The van der Waals surface area contributed by atoms with Crippen molar-refractivity contribution in [2.75, 3.05) is 0 Å². The number of nitrogens with one attached hydrogen (secondary N) is 1. The molecule has 0 fully saturated rings. The van der Waals surface area contributed by atoms with E-state index < -0.39 is 0 Å². The van der Waals surface area contributed by atoms with Crippen LogP contribution in [0.1, 0.15) is 43.1 Å². The van der Waals surface area contributed by atoms with Gasteiger partial charge in [0.05, 0.1) is 6.04 Å². The fourth-order valence-corrected chi connectivity index (χ4v) is 2.45. The van der Waals surface area contributed by atoms with Gasteiger partial charge in [0.15, 0.2) is 0 Å². The van der Waals surface area contributed by atoms with E-state index in [2.05, 4.69) is 44.6 Å². The standard InChI is InChI=1S/C13H22N2S/c1-6-7-9(2)11(4)15-12(5)13-14-8-10(3)16-13/h6,8-9,11-12,15H,1,7H2,2-5H3. The Kier molecular flexibility index (Phi) is 5.16. The van der Waals surface area contributed by atoms with Crippen LogP contribution in [0.4, 0.5) is 0 Å². The van der Waals surface area contributed by atoms with E-state index in [1.807, 2.05) is 12.3 Å². The van der Waals surface area contributed by atoms with Crippen LogP contribution in [0.3, 0.4) is 0 Å². The van der Waals surface area contributed by atoms with Crippen molar-refractivity contribution < 1.29 is 0 Å². The Morgan fingerprint density at radius 2 is 2.19 bits per heavy atom. The number of allylic oxidation sites excluding steroid dienone is 1. The number of thiazole rings is 1. The van der Waals surface area contributed by atoms with Gasteiger partial charge in [-0.05, 0) is 33.1 Å². The average Bonchev–Trinajstić information content (AvgIpc) is 2.65. The van der Waals surface area contributed by atoms with Crippen LogP contribution in [0, 0.1) is 12.8 Å². The first-order valence-electron chi connectivity index (χ1n) is 5.83. The van der Waals surface area contributed by atoms with E-state index in [9.17, 15) is 0 Å². The predicted molar refractivity (Wildman–Crippen MR) is 71.8 cm³/mol. The van der Waals surface area contributed by atoms with E-state index in [0.29, 0.717) is 18.0 Å². The van der Waals surface area contributed by atoms with Crippen LogP contribution < -0.4 is 5.32 Å². The summed E-state index contributed by atoms with van der Waals surface area (Å²) in [4.78, 5) is 5.68. The van der Waals surface area contributed by atoms with E-state index in [-0.39, 0.29) is 0 Å². The Hall–Kier alpha value is -0.670. The molecule has 0 bridgehead atoms. The molecule has 1 aromatic rings. The van der Waals surface area contributed by atoms with Gasteiger partial charge in [-0.25, -0.2) is 4.98 Å². The Balaban J connectivity index is 2.50. The van der Waals surface area contributed by atoms with Gasteiger partial charge in [0.25, 0.3) is 0 Å². The molecule has 16 heavy (non-hydrogen) atoms. The number of aromatic nitrogens is 1. The van der Waals surface area contributed by atoms with Crippen LogP contribution in [0.15, 0.2) is 18.9 Å². The SMILES string of the molecule is C=CCC(C)C(C)NC(C)c1ncc(C)s1. The van der Waals surface area contributed by atoms with E-state index in [1.54, 1.807) is 11.3 Å². The molecular formula is C13H22N2S.